The van der Waals surface area contributed by atoms with Crippen molar-refractivity contribution in [3.05, 3.63) is 48.8 Å². The van der Waals surface area contributed by atoms with E-state index in [-0.39, 0.29) is 0 Å². The molecular weight excluding hydrogens is 254 g/mol. The van der Waals surface area contributed by atoms with Crippen LogP contribution >= 0.6 is 11.8 Å². The van der Waals surface area contributed by atoms with Gasteiger partial charge >= 0.3 is 0 Å². The molecule has 98 valence electrons. The second-order valence-electron chi connectivity index (χ2n) is 5.06. The van der Waals surface area contributed by atoms with Crippen LogP contribution in [0.25, 0.3) is 10.8 Å². The number of carbonyl (C=O) groups is 1. The predicted octanol–water partition coefficient (Wildman–Crippen LogP) is 3.90. The summed E-state index contributed by atoms with van der Waals surface area (Å²) in [4.78, 5) is 10.7. The van der Waals surface area contributed by atoms with E-state index in [1.807, 2.05) is 0 Å². The Morgan fingerprint density at radius 2 is 1.84 bits per heavy atom. The first-order chi connectivity index (χ1) is 9.36. The van der Waals surface area contributed by atoms with E-state index in [2.05, 4.69) is 53.4 Å². The summed E-state index contributed by atoms with van der Waals surface area (Å²) in [6.07, 6.45) is 10.9. The van der Waals surface area contributed by atoms with Gasteiger partial charge in [0.1, 0.15) is 0 Å². The lowest BCUT2D eigenvalue weighted by Gasteiger charge is -2.26. The number of carbonyl (C=O) groups excluding carboxylic acids is 1. The van der Waals surface area contributed by atoms with Gasteiger partial charge in [-0.25, -0.2) is 0 Å². The summed E-state index contributed by atoms with van der Waals surface area (Å²) in [6.45, 7) is 0.991. The normalized spacial score (nSPS) is 22.7. The zero-order chi connectivity index (χ0) is 13.1. The van der Waals surface area contributed by atoms with Gasteiger partial charge in [0.2, 0.25) is 0 Å². The molecule has 0 bridgehead atoms. The van der Waals surface area contributed by atoms with Crippen molar-refractivity contribution in [2.75, 3.05) is 0 Å². The van der Waals surface area contributed by atoms with Gasteiger partial charge in [-0.1, -0.05) is 48.2 Å². The number of thioether (sulfide) groups is 1. The fourth-order valence-corrected chi connectivity index (χ4v) is 3.58. The molecule has 0 saturated heterocycles. The van der Waals surface area contributed by atoms with Crippen molar-refractivity contribution in [3.63, 3.8) is 0 Å². The maximum atomic E-state index is 10.7. The maximum Gasteiger partial charge on any atom is 0.176 e. The average Bonchev–Trinajstić information content (AvgIpc) is 2.83. The molecule has 3 heteroatoms. The van der Waals surface area contributed by atoms with Crippen molar-refractivity contribution in [1.82, 2.24) is 4.57 Å². The van der Waals surface area contributed by atoms with Crippen LogP contribution in [0.3, 0.4) is 0 Å². The minimum Gasteiger partial charge on any atom is -0.353 e. The highest BCUT2D eigenvalue weighted by molar-refractivity contribution is 8.12. The molecule has 2 aromatic rings. The smallest absolute Gasteiger partial charge is 0.176 e. The summed E-state index contributed by atoms with van der Waals surface area (Å²) < 4.78 is 2.27. The van der Waals surface area contributed by atoms with Gasteiger partial charge < -0.3 is 4.57 Å². The molecule has 0 saturated carbocycles. The van der Waals surface area contributed by atoms with Crippen molar-refractivity contribution >= 4 is 28.2 Å². The molecule has 0 fully saturated rings. The molecule has 1 aromatic carbocycles. The Morgan fingerprint density at radius 1 is 1.16 bits per heavy atom. The van der Waals surface area contributed by atoms with E-state index < -0.39 is 0 Å². The van der Waals surface area contributed by atoms with Crippen LogP contribution in [0.5, 0.6) is 0 Å². The number of rotatable bonds is 4. The van der Waals surface area contributed by atoms with E-state index in [9.17, 15) is 4.79 Å². The number of allylic oxidation sites excluding steroid dienone is 2. The second-order valence-corrected chi connectivity index (χ2v) is 6.13. The lowest BCUT2D eigenvalue weighted by molar-refractivity contribution is 0.423. The first-order valence-corrected chi connectivity index (χ1v) is 7.60. The number of benzene rings is 1. The molecule has 0 N–H and O–H groups in total. The van der Waals surface area contributed by atoms with Crippen LogP contribution in [0.4, 0.5) is 0 Å². The fraction of sp³-hybridized carbons (Fsp3) is 0.312. The molecule has 2 unspecified atom stereocenters. The zero-order valence-electron chi connectivity index (χ0n) is 10.7. The standard InChI is InChI=1S/C16H17NOS/c18-12-19-16-8-4-3-7-15(16)11-17-9-13-5-1-2-6-14(13)10-17/h1-6,9-10,12,15-16H,7-8,11H2. The summed E-state index contributed by atoms with van der Waals surface area (Å²) >= 11 is 1.44. The highest BCUT2D eigenvalue weighted by atomic mass is 32.2. The molecule has 0 spiro atoms. The molecule has 0 aliphatic heterocycles. The third kappa shape index (κ3) is 2.76. The van der Waals surface area contributed by atoms with Gasteiger partial charge in [0.15, 0.2) is 5.62 Å². The van der Waals surface area contributed by atoms with Gasteiger partial charge in [0, 0.05) is 24.2 Å². The number of fused-ring (bicyclic) bond motifs is 1. The number of aromatic nitrogens is 1. The second kappa shape index (κ2) is 5.66. The van der Waals surface area contributed by atoms with E-state index in [0.29, 0.717) is 11.2 Å². The van der Waals surface area contributed by atoms with Crippen molar-refractivity contribution < 1.29 is 4.79 Å². The fourth-order valence-electron chi connectivity index (χ4n) is 2.79. The zero-order valence-corrected chi connectivity index (χ0v) is 11.6. The van der Waals surface area contributed by atoms with Crippen LogP contribution in [0, 0.1) is 5.92 Å². The topological polar surface area (TPSA) is 22.0 Å². The van der Waals surface area contributed by atoms with Crippen LogP contribution in [0.15, 0.2) is 48.8 Å². The summed E-state index contributed by atoms with van der Waals surface area (Å²) in [6, 6.07) is 8.43. The highest BCUT2D eigenvalue weighted by Crippen LogP contribution is 2.30. The number of hydrogen-bond donors (Lipinski definition) is 0. The minimum atomic E-state index is 0.424. The molecular formula is C16H17NOS. The van der Waals surface area contributed by atoms with Gasteiger partial charge in [-0.2, -0.15) is 0 Å². The van der Waals surface area contributed by atoms with Crippen LogP contribution < -0.4 is 0 Å². The minimum absolute atomic E-state index is 0.424. The first-order valence-electron chi connectivity index (χ1n) is 6.65. The molecule has 2 atom stereocenters. The number of hydrogen-bond acceptors (Lipinski definition) is 2. The quantitative estimate of drug-likeness (QED) is 0.621. The third-order valence-corrected chi connectivity index (χ3v) is 4.82. The Balaban J connectivity index is 1.79. The van der Waals surface area contributed by atoms with Gasteiger partial charge in [-0.15, -0.1) is 0 Å². The Labute approximate surface area is 117 Å². The van der Waals surface area contributed by atoms with Gasteiger partial charge in [0.25, 0.3) is 0 Å². The van der Waals surface area contributed by atoms with E-state index in [0.717, 1.165) is 25.0 Å². The van der Waals surface area contributed by atoms with E-state index in [1.54, 1.807) is 0 Å². The van der Waals surface area contributed by atoms with Crippen molar-refractivity contribution in [2.24, 2.45) is 5.92 Å². The lowest BCUT2D eigenvalue weighted by atomic mass is 9.94. The monoisotopic (exact) mass is 271 g/mol. The highest BCUT2D eigenvalue weighted by Gasteiger charge is 2.23. The largest absolute Gasteiger partial charge is 0.353 e. The summed E-state index contributed by atoms with van der Waals surface area (Å²) in [7, 11) is 0. The SMILES string of the molecule is O=CSC1CC=CCC1Cn1cc2ccccc2c1. The van der Waals surface area contributed by atoms with E-state index in [1.165, 1.54) is 22.5 Å². The average molecular weight is 271 g/mol. The Hall–Kier alpha value is -1.48. The molecule has 0 radical (unpaired) electrons. The molecule has 2 nitrogen and oxygen atoms in total. The lowest BCUT2D eigenvalue weighted by Crippen LogP contribution is -2.23. The van der Waals surface area contributed by atoms with Crippen LogP contribution in [-0.4, -0.2) is 15.4 Å². The summed E-state index contributed by atoms with van der Waals surface area (Å²) in [5.41, 5.74) is 0.989. The van der Waals surface area contributed by atoms with Crippen LogP contribution in [0.2, 0.25) is 0 Å². The Bertz CT molecular complexity index is 569. The first kappa shape index (κ1) is 12.5. The number of nitrogens with zero attached hydrogens (tertiary/aromatic N) is 1. The molecule has 1 aromatic heterocycles. The van der Waals surface area contributed by atoms with E-state index >= 15 is 0 Å². The maximum absolute atomic E-state index is 10.7. The van der Waals surface area contributed by atoms with Crippen molar-refractivity contribution in [1.29, 1.82) is 0 Å². The molecule has 3 rings (SSSR count). The third-order valence-electron chi connectivity index (χ3n) is 3.78. The molecule has 1 aliphatic rings. The van der Waals surface area contributed by atoms with Crippen LogP contribution in [0.1, 0.15) is 12.8 Å². The van der Waals surface area contributed by atoms with Gasteiger partial charge in [-0.05, 0) is 29.5 Å². The van der Waals surface area contributed by atoms with Crippen LogP contribution in [-0.2, 0) is 11.3 Å². The van der Waals surface area contributed by atoms with Crippen molar-refractivity contribution in [3.8, 4) is 0 Å². The summed E-state index contributed by atoms with van der Waals surface area (Å²) in [5.74, 6) is 0.544. The molecule has 19 heavy (non-hydrogen) atoms. The van der Waals surface area contributed by atoms with Crippen molar-refractivity contribution in [2.45, 2.75) is 24.6 Å². The Morgan fingerprint density at radius 3 is 2.53 bits per heavy atom. The Kier molecular flexibility index (Phi) is 3.74. The summed E-state index contributed by atoms with van der Waals surface area (Å²) in [5, 5.41) is 3.00. The van der Waals surface area contributed by atoms with E-state index in [4.69, 9.17) is 0 Å². The van der Waals surface area contributed by atoms with Gasteiger partial charge in [-0.3, -0.25) is 4.79 Å². The molecule has 1 aliphatic carbocycles. The predicted molar refractivity (Wildman–Crippen MR) is 81.9 cm³/mol. The molecule has 0 amide bonds. The van der Waals surface area contributed by atoms with Gasteiger partial charge in [0.05, 0.1) is 0 Å². The molecule has 1 heterocycles.